The molecular formula is C21H24ClFN2O3. The van der Waals surface area contributed by atoms with E-state index < -0.39 is 0 Å². The van der Waals surface area contributed by atoms with E-state index in [2.05, 4.69) is 9.80 Å². The number of aliphatic hydroxyl groups excluding tert-OH is 1. The molecule has 2 heterocycles. The molecule has 0 spiro atoms. The molecule has 1 saturated heterocycles. The first-order valence-electron chi connectivity index (χ1n) is 9.52. The molecule has 2 aliphatic heterocycles. The summed E-state index contributed by atoms with van der Waals surface area (Å²) < 4.78 is 24.9. The van der Waals surface area contributed by atoms with Crippen LogP contribution >= 0.6 is 11.6 Å². The van der Waals surface area contributed by atoms with Crippen molar-refractivity contribution in [3.05, 3.63) is 58.4 Å². The molecule has 1 fully saturated rings. The summed E-state index contributed by atoms with van der Waals surface area (Å²) in [4.78, 5) is 4.58. The van der Waals surface area contributed by atoms with E-state index in [0.717, 1.165) is 30.9 Å². The van der Waals surface area contributed by atoms with Crippen molar-refractivity contribution in [1.29, 1.82) is 0 Å². The molecule has 0 aliphatic carbocycles. The van der Waals surface area contributed by atoms with Gasteiger partial charge in [-0.05, 0) is 24.1 Å². The Kier molecular flexibility index (Phi) is 6.01. The molecule has 1 N–H and O–H groups in total. The van der Waals surface area contributed by atoms with E-state index in [-0.39, 0.29) is 25.3 Å². The summed E-state index contributed by atoms with van der Waals surface area (Å²) in [7, 11) is 0. The smallest absolute Gasteiger partial charge is 0.231 e. The molecule has 2 aromatic carbocycles. The van der Waals surface area contributed by atoms with Crippen LogP contribution in [0, 0.1) is 5.82 Å². The van der Waals surface area contributed by atoms with Crippen molar-refractivity contribution in [2.75, 3.05) is 33.0 Å². The van der Waals surface area contributed by atoms with E-state index in [4.69, 9.17) is 21.1 Å². The van der Waals surface area contributed by atoms with Gasteiger partial charge in [-0.15, -0.1) is 0 Å². The lowest BCUT2D eigenvalue weighted by Gasteiger charge is -2.41. The van der Waals surface area contributed by atoms with Gasteiger partial charge in [0, 0.05) is 62.0 Å². The third-order valence-electron chi connectivity index (χ3n) is 5.42. The molecule has 2 aromatic rings. The molecule has 1 atom stereocenters. The number of fused-ring (bicyclic) bond motifs is 1. The fraction of sp³-hybridized carbons (Fsp3) is 0.429. The number of benzene rings is 2. The van der Waals surface area contributed by atoms with Gasteiger partial charge in [-0.3, -0.25) is 9.80 Å². The molecule has 0 bridgehead atoms. The van der Waals surface area contributed by atoms with Gasteiger partial charge in [0.15, 0.2) is 11.5 Å². The summed E-state index contributed by atoms with van der Waals surface area (Å²) in [5.41, 5.74) is 1.69. The SMILES string of the molecule is OCCC1CN(Cc2cc3c(cc2Cl)OCO3)CCN1Cc1ccccc1F. The van der Waals surface area contributed by atoms with Crippen LogP contribution in [0.2, 0.25) is 5.02 Å². The van der Waals surface area contributed by atoms with Crippen molar-refractivity contribution in [2.24, 2.45) is 0 Å². The Balaban J connectivity index is 1.44. The van der Waals surface area contributed by atoms with Crippen molar-refractivity contribution in [3.63, 3.8) is 0 Å². The first-order chi connectivity index (χ1) is 13.6. The number of hydrogen-bond donors (Lipinski definition) is 1. The van der Waals surface area contributed by atoms with E-state index >= 15 is 0 Å². The van der Waals surface area contributed by atoms with Crippen LogP contribution in [0.1, 0.15) is 17.5 Å². The van der Waals surface area contributed by atoms with Gasteiger partial charge in [0.25, 0.3) is 0 Å². The van der Waals surface area contributed by atoms with Gasteiger partial charge in [0.05, 0.1) is 0 Å². The second kappa shape index (κ2) is 8.66. The predicted molar refractivity (Wildman–Crippen MR) is 105 cm³/mol. The molecule has 0 saturated carbocycles. The van der Waals surface area contributed by atoms with E-state index in [0.29, 0.717) is 35.8 Å². The third kappa shape index (κ3) is 4.25. The molecule has 0 amide bonds. The first kappa shape index (κ1) is 19.5. The molecule has 1 unspecified atom stereocenters. The van der Waals surface area contributed by atoms with Gasteiger partial charge in [-0.1, -0.05) is 29.8 Å². The van der Waals surface area contributed by atoms with Crippen LogP contribution in [0.5, 0.6) is 11.5 Å². The maximum atomic E-state index is 14.1. The lowest BCUT2D eigenvalue weighted by atomic mass is 10.1. The zero-order chi connectivity index (χ0) is 19.5. The Hall–Kier alpha value is -1.86. The molecule has 0 aromatic heterocycles. The highest BCUT2D eigenvalue weighted by atomic mass is 35.5. The summed E-state index contributed by atoms with van der Waals surface area (Å²) in [6.07, 6.45) is 0.653. The largest absolute Gasteiger partial charge is 0.454 e. The van der Waals surface area contributed by atoms with E-state index in [1.807, 2.05) is 18.2 Å². The maximum Gasteiger partial charge on any atom is 0.231 e. The number of aliphatic hydroxyl groups is 1. The minimum absolute atomic E-state index is 0.108. The second-order valence-corrected chi connectivity index (χ2v) is 7.67. The van der Waals surface area contributed by atoms with Gasteiger partial charge in [0.2, 0.25) is 6.79 Å². The Morgan fingerprint density at radius 2 is 1.86 bits per heavy atom. The summed E-state index contributed by atoms with van der Waals surface area (Å²) in [6, 6.07) is 10.8. The topological polar surface area (TPSA) is 45.2 Å². The number of nitrogens with zero attached hydrogens (tertiary/aromatic N) is 2. The second-order valence-electron chi connectivity index (χ2n) is 7.26. The molecule has 28 heavy (non-hydrogen) atoms. The molecular weight excluding hydrogens is 383 g/mol. The summed E-state index contributed by atoms with van der Waals surface area (Å²) >= 11 is 6.42. The van der Waals surface area contributed by atoms with Crippen LogP contribution in [-0.4, -0.2) is 54.0 Å². The molecule has 4 rings (SSSR count). The predicted octanol–water partition coefficient (Wildman–Crippen LogP) is 3.28. The number of hydrogen-bond acceptors (Lipinski definition) is 5. The van der Waals surface area contributed by atoms with Gasteiger partial charge < -0.3 is 14.6 Å². The normalized spacial score (nSPS) is 19.9. The van der Waals surface area contributed by atoms with Gasteiger partial charge in [-0.2, -0.15) is 0 Å². The number of ether oxygens (including phenoxy) is 2. The van der Waals surface area contributed by atoms with Crippen LogP contribution in [0.3, 0.4) is 0 Å². The van der Waals surface area contributed by atoms with E-state index in [1.54, 1.807) is 12.1 Å². The van der Waals surface area contributed by atoms with Crippen LogP contribution < -0.4 is 9.47 Å². The Morgan fingerprint density at radius 1 is 1.07 bits per heavy atom. The van der Waals surface area contributed by atoms with Gasteiger partial charge >= 0.3 is 0 Å². The highest BCUT2D eigenvalue weighted by molar-refractivity contribution is 6.31. The van der Waals surface area contributed by atoms with Crippen LogP contribution in [-0.2, 0) is 13.1 Å². The van der Waals surface area contributed by atoms with Gasteiger partial charge in [-0.25, -0.2) is 4.39 Å². The van der Waals surface area contributed by atoms with Crippen molar-refractivity contribution in [1.82, 2.24) is 9.80 Å². The lowest BCUT2D eigenvalue weighted by Crippen LogP contribution is -2.52. The highest BCUT2D eigenvalue weighted by Gasteiger charge is 2.28. The zero-order valence-corrected chi connectivity index (χ0v) is 16.4. The minimum atomic E-state index is -0.181. The van der Waals surface area contributed by atoms with Crippen molar-refractivity contribution >= 4 is 11.6 Å². The number of rotatable bonds is 6. The fourth-order valence-electron chi connectivity index (χ4n) is 3.90. The Labute approximate surface area is 169 Å². The Bertz CT molecular complexity index is 835. The van der Waals surface area contributed by atoms with Crippen LogP contribution in [0.4, 0.5) is 4.39 Å². The number of halogens is 2. The summed E-state index contributed by atoms with van der Waals surface area (Å²) in [6.45, 7) is 4.03. The minimum Gasteiger partial charge on any atom is -0.454 e. The Morgan fingerprint density at radius 3 is 2.64 bits per heavy atom. The van der Waals surface area contributed by atoms with Gasteiger partial charge in [0.1, 0.15) is 5.82 Å². The summed E-state index contributed by atoms with van der Waals surface area (Å²) in [5, 5.41) is 10.2. The third-order valence-corrected chi connectivity index (χ3v) is 5.77. The van der Waals surface area contributed by atoms with E-state index in [9.17, 15) is 9.50 Å². The quantitative estimate of drug-likeness (QED) is 0.797. The molecule has 2 aliphatic rings. The average molecular weight is 407 g/mol. The molecule has 5 nitrogen and oxygen atoms in total. The lowest BCUT2D eigenvalue weighted by molar-refractivity contribution is 0.0493. The van der Waals surface area contributed by atoms with Crippen LogP contribution in [0.15, 0.2) is 36.4 Å². The first-order valence-corrected chi connectivity index (χ1v) is 9.90. The monoisotopic (exact) mass is 406 g/mol. The standard InChI is InChI=1S/C21H24ClFN2O3/c22-18-10-21-20(27-14-28-21)9-16(18)11-24-6-7-25(17(13-24)5-8-26)12-15-3-1-2-4-19(15)23/h1-4,9-10,17,26H,5-8,11-14H2. The highest BCUT2D eigenvalue weighted by Crippen LogP contribution is 2.37. The van der Waals surface area contributed by atoms with Crippen LogP contribution in [0.25, 0.3) is 0 Å². The van der Waals surface area contributed by atoms with Crippen molar-refractivity contribution in [2.45, 2.75) is 25.6 Å². The van der Waals surface area contributed by atoms with Crippen molar-refractivity contribution in [3.8, 4) is 11.5 Å². The zero-order valence-electron chi connectivity index (χ0n) is 15.6. The van der Waals surface area contributed by atoms with Crippen molar-refractivity contribution < 1.29 is 19.0 Å². The molecule has 150 valence electrons. The summed E-state index contributed by atoms with van der Waals surface area (Å²) in [5.74, 6) is 1.23. The van der Waals surface area contributed by atoms with E-state index in [1.165, 1.54) is 6.07 Å². The number of piperazine rings is 1. The molecule has 0 radical (unpaired) electrons. The maximum absolute atomic E-state index is 14.1. The average Bonchev–Trinajstić information content (AvgIpc) is 3.13. The molecule has 7 heteroatoms. The fourth-order valence-corrected chi connectivity index (χ4v) is 4.11.